The van der Waals surface area contributed by atoms with Gasteiger partial charge in [0.1, 0.15) is 0 Å². The lowest BCUT2D eigenvalue weighted by Crippen LogP contribution is -2.30. The van der Waals surface area contributed by atoms with Gasteiger partial charge in [-0.25, -0.2) is 0 Å². The van der Waals surface area contributed by atoms with E-state index in [1.165, 1.54) is 0 Å². The van der Waals surface area contributed by atoms with Crippen LogP contribution in [0.2, 0.25) is 0 Å². The molecule has 0 aromatic heterocycles. The van der Waals surface area contributed by atoms with Gasteiger partial charge in [0.05, 0.1) is 0 Å². The summed E-state index contributed by atoms with van der Waals surface area (Å²) in [6.45, 7) is 3.62. The summed E-state index contributed by atoms with van der Waals surface area (Å²) in [6.07, 6.45) is 1.24. The molecule has 0 saturated carbocycles. The summed E-state index contributed by atoms with van der Waals surface area (Å²) in [4.78, 5) is 23.5. The maximum atomic E-state index is 12.4. The van der Waals surface area contributed by atoms with Crippen LogP contribution in [0.25, 0.3) is 0 Å². The summed E-state index contributed by atoms with van der Waals surface area (Å²) < 4.78 is 24.9. The van der Waals surface area contributed by atoms with Gasteiger partial charge in [-0.15, -0.1) is 0 Å². The second kappa shape index (κ2) is 9.87. The van der Waals surface area contributed by atoms with Gasteiger partial charge in [-0.1, -0.05) is 31.0 Å². The summed E-state index contributed by atoms with van der Waals surface area (Å²) in [7, 11) is 0. The van der Waals surface area contributed by atoms with E-state index < -0.39 is 12.0 Å². The van der Waals surface area contributed by atoms with Gasteiger partial charge in [0.25, 0.3) is 12.0 Å². The summed E-state index contributed by atoms with van der Waals surface area (Å²) in [5.74, 6) is -0.746. The van der Waals surface area contributed by atoms with Gasteiger partial charge in [-0.05, 0) is 50.3 Å². The maximum absolute atomic E-state index is 12.4. The average molecular weight is 323 g/mol. The van der Waals surface area contributed by atoms with Crippen LogP contribution in [0, 0.1) is 6.92 Å². The quantitative estimate of drug-likeness (QED) is 0.701. The third-order valence-corrected chi connectivity index (χ3v) is 3.64. The number of imide groups is 1. The van der Waals surface area contributed by atoms with Crippen molar-refractivity contribution >= 4 is 11.8 Å². The number of nitrogens with one attached hydrogen (secondary N) is 1. The number of hydrogen-bond acceptors (Lipinski definition) is 2. The predicted octanol–water partition coefficient (Wildman–Crippen LogP) is 4.76. The number of carbonyl (C=O) groups excluding carboxylic acids is 2. The Morgan fingerprint density at radius 2 is 1.61 bits per heavy atom. The Hall–Kier alpha value is -2.04. The molecule has 0 unspecified atom stereocenters. The van der Waals surface area contributed by atoms with Crippen molar-refractivity contribution in [2.24, 2.45) is 0 Å². The van der Waals surface area contributed by atoms with E-state index in [0.717, 1.165) is 5.56 Å². The van der Waals surface area contributed by atoms with E-state index in [-0.39, 0.29) is 17.9 Å². The van der Waals surface area contributed by atoms with E-state index in [2.05, 4.69) is 5.32 Å². The monoisotopic (exact) mass is 323 g/mol. The highest BCUT2D eigenvalue weighted by atomic mass is 19.3. The van der Waals surface area contributed by atoms with Gasteiger partial charge in [0.2, 0.25) is 5.91 Å². The lowest BCUT2D eigenvalue weighted by molar-refractivity contribution is -0.120. The van der Waals surface area contributed by atoms with E-state index in [1.54, 1.807) is 19.1 Å². The number of unbranched alkanes of at least 4 members (excludes halogenated alkanes) is 2. The molecule has 1 rings (SSSR count). The van der Waals surface area contributed by atoms with Crippen molar-refractivity contribution in [1.82, 2.24) is 5.32 Å². The first kappa shape index (κ1) is 19.0. The third-order valence-electron chi connectivity index (χ3n) is 3.64. The second-order valence-corrected chi connectivity index (χ2v) is 5.52. The molecule has 3 nitrogen and oxygen atoms in total. The Kier molecular flexibility index (Phi) is 8.16. The molecule has 5 heteroatoms. The number of aryl methyl sites for hydroxylation is 1. The van der Waals surface area contributed by atoms with Gasteiger partial charge in [0.15, 0.2) is 0 Å². The zero-order valence-electron chi connectivity index (χ0n) is 13.6. The fourth-order valence-electron chi connectivity index (χ4n) is 2.17. The molecule has 0 spiro atoms. The van der Waals surface area contributed by atoms with Crippen molar-refractivity contribution in [3.05, 3.63) is 47.0 Å². The summed E-state index contributed by atoms with van der Waals surface area (Å²) >= 11 is 0. The highest BCUT2D eigenvalue weighted by molar-refractivity contribution is 6.04. The topological polar surface area (TPSA) is 46.2 Å². The molecular formula is C18H23F2NO2. The first-order valence-electron chi connectivity index (χ1n) is 7.88. The molecule has 0 bridgehead atoms. The van der Waals surface area contributed by atoms with Gasteiger partial charge in [-0.2, -0.15) is 8.78 Å². The number of rotatable bonds is 8. The Morgan fingerprint density at radius 3 is 2.17 bits per heavy atom. The molecule has 126 valence electrons. The molecule has 1 N–H and O–H groups in total. The minimum Gasteiger partial charge on any atom is -0.292 e. The van der Waals surface area contributed by atoms with Crippen molar-refractivity contribution in [2.45, 2.75) is 52.4 Å². The number of amides is 2. The third kappa shape index (κ3) is 7.17. The number of halogens is 2. The van der Waals surface area contributed by atoms with Crippen LogP contribution in [0.4, 0.5) is 8.78 Å². The molecule has 0 aliphatic rings. The van der Waals surface area contributed by atoms with Crippen molar-refractivity contribution < 1.29 is 18.4 Å². The van der Waals surface area contributed by atoms with Crippen LogP contribution in [-0.4, -0.2) is 11.8 Å². The molecule has 0 aliphatic heterocycles. The number of allylic oxidation sites excluding steroid dienone is 1. The lowest BCUT2D eigenvalue weighted by Gasteiger charge is -2.05. The molecule has 0 atom stereocenters. The zero-order chi connectivity index (χ0) is 17.2. The van der Waals surface area contributed by atoms with Crippen molar-refractivity contribution in [1.29, 1.82) is 0 Å². The predicted molar refractivity (Wildman–Crippen MR) is 86.3 cm³/mol. The fraction of sp³-hybridized carbons (Fsp3) is 0.444. The average Bonchev–Trinajstić information content (AvgIpc) is 2.51. The van der Waals surface area contributed by atoms with E-state index in [0.29, 0.717) is 37.7 Å². The molecule has 23 heavy (non-hydrogen) atoms. The first-order chi connectivity index (χ1) is 10.9. The van der Waals surface area contributed by atoms with Crippen LogP contribution in [0.3, 0.4) is 0 Å². The summed E-state index contributed by atoms with van der Waals surface area (Å²) in [5.41, 5.74) is 1.67. The molecule has 0 fully saturated rings. The van der Waals surface area contributed by atoms with Crippen LogP contribution >= 0.6 is 0 Å². The second-order valence-electron chi connectivity index (χ2n) is 5.52. The van der Waals surface area contributed by atoms with Gasteiger partial charge in [0, 0.05) is 12.0 Å². The molecule has 1 aromatic carbocycles. The minimum absolute atomic E-state index is 0.184. The van der Waals surface area contributed by atoms with E-state index in [1.807, 2.05) is 19.1 Å². The Morgan fingerprint density at radius 1 is 1.00 bits per heavy atom. The van der Waals surface area contributed by atoms with E-state index in [9.17, 15) is 18.4 Å². The molecule has 0 heterocycles. The largest absolute Gasteiger partial charge is 0.292 e. The maximum Gasteiger partial charge on any atom is 0.269 e. The standard InChI is InChI=1S/C18H23F2NO2/c1-3-14(17(19)20)7-5-4-6-8-16(22)21-18(23)15-11-9-13(2)10-12-15/h9-12H,3-8H2,1-2H3,(H,21,22,23). The van der Waals surface area contributed by atoms with Gasteiger partial charge in [-0.3, -0.25) is 14.9 Å². The van der Waals surface area contributed by atoms with Crippen LogP contribution in [-0.2, 0) is 4.79 Å². The first-order valence-corrected chi connectivity index (χ1v) is 7.88. The van der Waals surface area contributed by atoms with E-state index >= 15 is 0 Å². The number of hydrogen-bond donors (Lipinski definition) is 1. The number of benzene rings is 1. The molecule has 0 radical (unpaired) electrons. The highest BCUT2D eigenvalue weighted by Crippen LogP contribution is 2.19. The van der Waals surface area contributed by atoms with Crippen molar-refractivity contribution in [3.63, 3.8) is 0 Å². The van der Waals surface area contributed by atoms with Crippen LogP contribution in [0.15, 0.2) is 35.9 Å². The Labute approximate surface area is 135 Å². The molecular weight excluding hydrogens is 300 g/mol. The van der Waals surface area contributed by atoms with E-state index in [4.69, 9.17) is 0 Å². The lowest BCUT2D eigenvalue weighted by atomic mass is 10.1. The fourth-order valence-corrected chi connectivity index (χ4v) is 2.17. The minimum atomic E-state index is -1.59. The smallest absolute Gasteiger partial charge is 0.269 e. The van der Waals surface area contributed by atoms with Gasteiger partial charge >= 0.3 is 0 Å². The Bertz CT molecular complexity index is 561. The molecule has 0 aliphatic carbocycles. The van der Waals surface area contributed by atoms with Crippen molar-refractivity contribution in [3.8, 4) is 0 Å². The summed E-state index contributed by atoms with van der Waals surface area (Å²) in [5, 5.41) is 2.34. The summed E-state index contributed by atoms with van der Waals surface area (Å²) in [6, 6.07) is 6.95. The zero-order valence-corrected chi connectivity index (χ0v) is 13.6. The number of carbonyl (C=O) groups is 2. The Balaban J connectivity index is 2.26. The SMILES string of the molecule is CCC(CCCCCC(=O)NC(=O)c1ccc(C)cc1)=C(F)F. The van der Waals surface area contributed by atoms with Gasteiger partial charge < -0.3 is 0 Å². The van der Waals surface area contributed by atoms with Crippen LogP contribution in [0.1, 0.15) is 61.4 Å². The molecule has 2 amide bonds. The normalized spacial score (nSPS) is 10.3. The highest BCUT2D eigenvalue weighted by Gasteiger charge is 2.10. The van der Waals surface area contributed by atoms with Crippen LogP contribution in [0.5, 0.6) is 0 Å². The molecule has 0 saturated heterocycles. The van der Waals surface area contributed by atoms with Crippen molar-refractivity contribution in [2.75, 3.05) is 0 Å². The molecule has 1 aromatic rings. The van der Waals surface area contributed by atoms with Crippen LogP contribution < -0.4 is 5.32 Å².